The van der Waals surface area contributed by atoms with Crippen LogP contribution in [0.2, 0.25) is 0 Å². The third kappa shape index (κ3) is 6.04. The summed E-state index contributed by atoms with van der Waals surface area (Å²) in [6.07, 6.45) is 1.25. The van der Waals surface area contributed by atoms with Crippen molar-refractivity contribution in [3.63, 3.8) is 0 Å². The summed E-state index contributed by atoms with van der Waals surface area (Å²) in [4.78, 5) is 22.6. The normalized spacial score (nSPS) is 10.0. The lowest BCUT2D eigenvalue weighted by molar-refractivity contribution is -0.144. The maximum absolute atomic E-state index is 11.5. The lowest BCUT2D eigenvalue weighted by atomic mass is 10.2. The molecule has 0 aliphatic rings. The highest BCUT2D eigenvalue weighted by atomic mass is 16.5. The number of aryl methyl sites for hydroxylation is 1. The van der Waals surface area contributed by atoms with Crippen LogP contribution in [0.4, 0.5) is 0 Å². The molecule has 104 valence electrons. The highest BCUT2D eigenvalue weighted by Crippen LogP contribution is 2.12. The van der Waals surface area contributed by atoms with Crippen molar-refractivity contribution < 1.29 is 19.1 Å². The molecule has 0 bridgehead atoms. The van der Waals surface area contributed by atoms with Crippen LogP contribution in [-0.2, 0) is 20.7 Å². The first-order valence-electron chi connectivity index (χ1n) is 6.54. The molecule has 1 aromatic rings. The van der Waals surface area contributed by atoms with Gasteiger partial charge in [-0.05, 0) is 31.0 Å². The molecule has 0 aliphatic carbocycles. The van der Waals surface area contributed by atoms with Crippen LogP contribution in [0.25, 0.3) is 0 Å². The smallest absolute Gasteiger partial charge is 0.306 e. The molecule has 0 radical (unpaired) electrons. The van der Waals surface area contributed by atoms with E-state index < -0.39 is 0 Å². The molecule has 0 aliphatic heterocycles. The van der Waals surface area contributed by atoms with Gasteiger partial charge in [0.15, 0.2) is 5.78 Å². The predicted molar refractivity (Wildman–Crippen MR) is 72.2 cm³/mol. The summed E-state index contributed by atoms with van der Waals surface area (Å²) in [6, 6.07) is 7.63. The zero-order chi connectivity index (χ0) is 14.1. The molecule has 19 heavy (non-hydrogen) atoms. The summed E-state index contributed by atoms with van der Waals surface area (Å²) in [7, 11) is 0. The van der Waals surface area contributed by atoms with E-state index in [1.54, 1.807) is 6.92 Å². The average molecular weight is 264 g/mol. The van der Waals surface area contributed by atoms with Crippen LogP contribution >= 0.6 is 0 Å². The lowest BCUT2D eigenvalue weighted by Crippen LogP contribution is -2.14. The van der Waals surface area contributed by atoms with Crippen LogP contribution in [-0.4, -0.2) is 25.0 Å². The van der Waals surface area contributed by atoms with Crippen LogP contribution in [0.1, 0.15) is 32.3 Å². The van der Waals surface area contributed by atoms with Gasteiger partial charge >= 0.3 is 5.97 Å². The Morgan fingerprint density at radius 1 is 1.05 bits per heavy atom. The Morgan fingerprint density at radius 3 is 2.32 bits per heavy atom. The van der Waals surface area contributed by atoms with E-state index in [0.717, 1.165) is 6.42 Å². The third-order valence-corrected chi connectivity index (χ3v) is 2.64. The summed E-state index contributed by atoms with van der Waals surface area (Å²) < 4.78 is 10.1. The highest BCUT2D eigenvalue weighted by Gasteiger charge is 2.08. The largest absolute Gasteiger partial charge is 0.486 e. The second-order valence-corrected chi connectivity index (χ2v) is 4.13. The van der Waals surface area contributed by atoms with Crippen molar-refractivity contribution >= 4 is 11.8 Å². The van der Waals surface area contributed by atoms with Gasteiger partial charge < -0.3 is 9.47 Å². The first-order chi connectivity index (χ1) is 9.15. The van der Waals surface area contributed by atoms with Crippen molar-refractivity contribution in [2.24, 2.45) is 0 Å². The van der Waals surface area contributed by atoms with Crippen molar-refractivity contribution in [1.82, 2.24) is 0 Å². The van der Waals surface area contributed by atoms with E-state index >= 15 is 0 Å². The SMILES string of the molecule is CCOC(=O)CCC(=O)COc1ccc(CC)cc1. The predicted octanol–water partition coefficient (Wildman–Crippen LogP) is 2.54. The van der Waals surface area contributed by atoms with Gasteiger partial charge in [0.05, 0.1) is 13.0 Å². The Kier molecular flexibility index (Phi) is 6.64. The maximum Gasteiger partial charge on any atom is 0.306 e. The Labute approximate surface area is 113 Å². The van der Waals surface area contributed by atoms with Crippen LogP contribution in [0.15, 0.2) is 24.3 Å². The Bertz CT molecular complexity index is 409. The van der Waals surface area contributed by atoms with E-state index in [0.29, 0.717) is 12.4 Å². The molecule has 0 saturated carbocycles. The molecular formula is C15H20O4. The second kappa shape index (κ2) is 8.29. The Morgan fingerprint density at radius 2 is 1.74 bits per heavy atom. The topological polar surface area (TPSA) is 52.6 Å². The van der Waals surface area contributed by atoms with Gasteiger partial charge in [-0.3, -0.25) is 9.59 Å². The Hall–Kier alpha value is -1.84. The van der Waals surface area contributed by atoms with E-state index in [9.17, 15) is 9.59 Å². The van der Waals surface area contributed by atoms with Crippen molar-refractivity contribution in [2.75, 3.05) is 13.2 Å². The molecule has 1 rings (SSSR count). The summed E-state index contributed by atoms with van der Waals surface area (Å²) in [5.74, 6) is 0.220. The Balaban J connectivity index is 2.27. The monoisotopic (exact) mass is 264 g/mol. The fraction of sp³-hybridized carbons (Fsp3) is 0.467. The lowest BCUT2D eigenvalue weighted by Gasteiger charge is -2.06. The van der Waals surface area contributed by atoms with E-state index in [4.69, 9.17) is 9.47 Å². The number of esters is 1. The molecule has 0 heterocycles. The number of benzene rings is 1. The first-order valence-corrected chi connectivity index (χ1v) is 6.54. The molecule has 0 aromatic heterocycles. The minimum Gasteiger partial charge on any atom is -0.486 e. The fourth-order valence-corrected chi connectivity index (χ4v) is 1.53. The molecule has 4 nitrogen and oxygen atoms in total. The molecule has 0 N–H and O–H groups in total. The van der Waals surface area contributed by atoms with Gasteiger partial charge in [-0.1, -0.05) is 19.1 Å². The van der Waals surface area contributed by atoms with Crippen LogP contribution in [0.5, 0.6) is 5.75 Å². The minimum absolute atomic E-state index is 0.00905. The number of ether oxygens (including phenoxy) is 2. The van der Waals surface area contributed by atoms with Gasteiger partial charge in [0, 0.05) is 6.42 Å². The van der Waals surface area contributed by atoms with Crippen molar-refractivity contribution in [3.05, 3.63) is 29.8 Å². The zero-order valence-electron chi connectivity index (χ0n) is 11.5. The average Bonchev–Trinajstić information content (AvgIpc) is 2.44. The summed E-state index contributed by atoms with van der Waals surface area (Å²) in [5.41, 5.74) is 1.22. The number of hydrogen-bond donors (Lipinski definition) is 0. The highest BCUT2D eigenvalue weighted by molar-refractivity contribution is 5.84. The second-order valence-electron chi connectivity index (χ2n) is 4.13. The maximum atomic E-state index is 11.5. The third-order valence-electron chi connectivity index (χ3n) is 2.64. The number of Topliss-reactive ketones (excluding diaryl/α,β-unsaturated/α-hetero) is 1. The molecule has 1 aromatic carbocycles. The number of carbonyl (C=O) groups is 2. The molecule has 0 atom stereocenters. The fourth-order valence-electron chi connectivity index (χ4n) is 1.53. The van der Waals surface area contributed by atoms with Crippen LogP contribution in [0.3, 0.4) is 0 Å². The van der Waals surface area contributed by atoms with Crippen molar-refractivity contribution in [1.29, 1.82) is 0 Å². The molecule has 0 fully saturated rings. The van der Waals surface area contributed by atoms with Crippen LogP contribution in [0, 0.1) is 0 Å². The van der Waals surface area contributed by atoms with Gasteiger partial charge in [0.1, 0.15) is 12.4 Å². The van der Waals surface area contributed by atoms with E-state index in [-0.39, 0.29) is 31.2 Å². The molecule has 4 heteroatoms. The minimum atomic E-state index is -0.344. The van der Waals surface area contributed by atoms with E-state index in [2.05, 4.69) is 6.92 Å². The molecular weight excluding hydrogens is 244 g/mol. The number of ketones is 1. The van der Waals surface area contributed by atoms with E-state index in [1.807, 2.05) is 24.3 Å². The summed E-state index contributed by atoms with van der Waals surface area (Å²) in [5, 5.41) is 0. The number of rotatable bonds is 8. The van der Waals surface area contributed by atoms with Gasteiger partial charge in [-0.25, -0.2) is 0 Å². The molecule has 0 amide bonds. The number of hydrogen-bond acceptors (Lipinski definition) is 4. The van der Waals surface area contributed by atoms with Gasteiger partial charge in [-0.15, -0.1) is 0 Å². The van der Waals surface area contributed by atoms with E-state index in [1.165, 1.54) is 5.56 Å². The summed E-state index contributed by atoms with van der Waals surface area (Å²) in [6.45, 7) is 4.15. The molecule has 0 spiro atoms. The standard InChI is InChI=1S/C15H20O4/c1-3-12-5-8-14(9-6-12)19-11-13(16)7-10-15(17)18-4-2/h5-6,8-9H,3-4,7,10-11H2,1-2H3. The van der Waals surface area contributed by atoms with Gasteiger partial charge in [0.2, 0.25) is 0 Å². The molecule has 0 saturated heterocycles. The van der Waals surface area contributed by atoms with Crippen LogP contribution < -0.4 is 4.74 Å². The van der Waals surface area contributed by atoms with Crippen molar-refractivity contribution in [3.8, 4) is 5.75 Å². The quantitative estimate of drug-likeness (QED) is 0.677. The summed E-state index contributed by atoms with van der Waals surface area (Å²) >= 11 is 0. The zero-order valence-corrected chi connectivity index (χ0v) is 11.5. The van der Waals surface area contributed by atoms with Gasteiger partial charge in [0.25, 0.3) is 0 Å². The van der Waals surface area contributed by atoms with Crippen molar-refractivity contribution in [2.45, 2.75) is 33.1 Å². The van der Waals surface area contributed by atoms with Gasteiger partial charge in [-0.2, -0.15) is 0 Å². The first kappa shape index (κ1) is 15.2. The molecule has 0 unspecified atom stereocenters. The number of carbonyl (C=O) groups excluding carboxylic acids is 2.